The fraction of sp³-hybridized carbons (Fsp3) is 0.368. The Balaban J connectivity index is 1.81. The molecule has 0 spiro atoms. The van der Waals surface area contributed by atoms with Gasteiger partial charge in [0.2, 0.25) is 0 Å². The predicted octanol–water partition coefficient (Wildman–Crippen LogP) is 4.08. The number of hydrogen-bond donors (Lipinski definition) is 0. The normalized spacial score (nSPS) is 16.0. The van der Waals surface area contributed by atoms with Gasteiger partial charge in [0.15, 0.2) is 5.65 Å². The lowest BCUT2D eigenvalue weighted by Crippen LogP contribution is -2.34. The fourth-order valence-electron chi connectivity index (χ4n) is 3.36. The number of anilines is 1. The SMILES string of the molecule is Cc1cc(N2CCC(C)CC2)n2ncc(-c3ccc(F)cc3)c2n1. The molecule has 2 aromatic heterocycles. The maximum absolute atomic E-state index is 13.2. The van der Waals surface area contributed by atoms with E-state index in [1.807, 2.05) is 17.6 Å². The van der Waals surface area contributed by atoms with Gasteiger partial charge in [0, 0.05) is 30.4 Å². The van der Waals surface area contributed by atoms with Crippen molar-refractivity contribution in [3.8, 4) is 11.1 Å². The second-order valence-corrected chi connectivity index (χ2v) is 6.73. The van der Waals surface area contributed by atoms with E-state index in [1.165, 1.54) is 25.0 Å². The molecule has 124 valence electrons. The van der Waals surface area contributed by atoms with Crippen LogP contribution in [0.4, 0.5) is 10.2 Å². The molecule has 1 aliphatic heterocycles. The minimum Gasteiger partial charge on any atom is -0.356 e. The summed E-state index contributed by atoms with van der Waals surface area (Å²) in [7, 11) is 0. The first-order valence-electron chi connectivity index (χ1n) is 8.48. The number of fused-ring (bicyclic) bond motifs is 1. The number of halogens is 1. The van der Waals surface area contributed by atoms with Gasteiger partial charge >= 0.3 is 0 Å². The van der Waals surface area contributed by atoms with Gasteiger partial charge in [-0.2, -0.15) is 9.61 Å². The Morgan fingerprint density at radius 2 is 1.83 bits per heavy atom. The van der Waals surface area contributed by atoms with Gasteiger partial charge in [-0.05, 0) is 43.4 Å². The minimum atomic E-state index is -0.234. The van der Waals surface area contributed by atoms with E-state index in [0.717, 1.165) is 47.3 Å². The van der Waals surface area contributed by atoms with Crippen LogP contribution < -0.4 is 4.90 Å². The molecule has 24 heavy (non-hydrogen) atoms. The van der Waals surface area contributed by atoms with Gasteiger partial charge in [-0.25, -0.2) is 9.37 Å². The summed E-state index contributed by atoms with van der Waals surface area (Å²) in [6.07, 6.45) is 4.23. The number of nitrogens with zero attached hydrogens (tertiary/aromatic N) is 4. The molecule has 0 aliphatic carbocycles. The maximum Gasteiger partial charge on any atom is 0.165 e. The second kappa shape index (κ2) is 5.89. The Morgan fingerprint density at radius 1 is 1.12 bits per heavy atom. The van der Waals surface area contributed by atoms with Crippen LogP contribution in [0.15, 0.2) is 36.5 Å². The van der Waals surface area contributed by atoms with Gasteiger partial charge in [0.05, 0.1) is 6.20 Å². The van der Waals surface area contributed by atoms with Crippen LogP contribution in [0.2, 0.25) is 0 Å². The topological polar surface area (TPSA) is 33.4 Å². The van der Waals surface area contributed by atoms with Crippen LogP contribution in [0.1, 0.15) is 25.5 Å². The van der Waals surface area contributed by atoms with E-state index in [2.05, 4.69) is 28.0 Å². The van der Waals surface area contributed by atoms with E-state index < -0.39 is 0 Å². The fourth-order valence-corrected chi connectivity index (χ4v) is 3.36. The molecule has 0 amide bonds. The molecule has 1 fully saturated rings. The van der Waals surface area contributed by atoms with Crippen LogP contribution >= 0.6 is 0 Å². The molecule has 4 rings (SSSR count). The van der Waals surface area contributed by atoms with Crippen molar-refractivity contribution in [3.05, 3.63) is 48.0 Å². The monoisotopic (exact) mass is 324 g/mol. The van der Waals surface area contributed by atoms with Crippen molar-refractivity contribution in [1.82, 2.24) is 14.6 Å². The first-order chi connectivity index (χ1) is 11.6. The van der Waals surface area contributed by atoms with Crippen molar-refractivity contribution in [2.45, 2.75) is 26.7 Å². The number of aryl methyl sites for hydroxylation is 1. The van der Waals surface area contributed by atoms with Crippen molar-refractivity contribution in [3.63, 3.8) is 0 Å². The van der Waals surface area contributed by atoms with Crippen LogP contribution in [0.25, 0.3) is 16.8 Å². The summed E-state index contributed by atoms with van der Waals surface area (Å²) in [6.45, 7) is 6.42. The molecule has 1 aromatic carbocycles. The van der Waals surface area contributed by atoms with Gasteiger partial charge in [0.25, 0.3) is 0 Å². The number of benzene rings is 1. The molecule has 0 atom stereocenters. The Bertz CT molecular complexity index is 861. The van der Waals surface area contributed by atoms with Gasteiger partial charge < -0.3 is 4.90 Å². The van der Waals surface area contributed by atoms with Crippen molar-refractivity contribution in [2.24, 2.45) is 5.92 Å². The zero-order valence-electron chi connectivity index (χ0n) is 14.0. The largest absolute Gasteiger partial charge is 0.356 e. The van der Waals surface area contributed by atoms with E-state index >= 15 is 0 Å². The summed E-state index contributed by atoms with van der Waals surface area (Å²) < 4.78 is 15.1. The molecule has 4 nitrogen and oxygen atoms in total. The minimum absolute atomic E-state index is 0.234. The lowest BCUT2D eigenvalue weighted by atomic mass is 9.99. The average Bonchev–Trinajstić information content (AvgIpc) is 2.99. The van der Waals surface area contributed by atoms with Crippen molar-refractivity contribution >= 4 is 11.5 Å². The van der Waals surface area contributed by atoms with E-state index in [-0.39, 0.29) is 5.82 Å². The van der Waals surface area contributed by atoms with Crippen LogP contribution in [-0.2, 0) is 0 Å². The first kappa shape index (κ1) is 15.1. The van der Waals surface area contributed by atoms with Crippen molar-refractivity contribution < 1.29 is 4.39 Å². The molecular formula is C19H21FN4. The Hall–Kier alpha value is -2.43. The molecule has 3 aromatic rings. The van der Waals surface area contributed by atoms with Gasteiger partial charge in [0.1, 0.15) is 11.6 Å². The van der Waals surface area contributed by atoms with Gasteiger partial charge in [-0.15, -0.1) is 0 Å². The van der Waals surface area contributed by atoms with Crippen LogP contribution in [0, 0.1) is 18.7 Å². The number of piperidine rings is 1. The second-order valence-electron chi connectivity index (χ2n) is 6.73. The van der Waals surface area contributed by atoms with E-state index in [1.54, 1.807) is 12.1 Å². The smallest absolute Gasteiger partial charge is 0.165 e. The maximum atomic E-state index is 13.2. The number of hydrogen-bond acceptors (Lipinski definition) is 3. The Labute approximate surface area is 140 Å². The van der Waals surface area contributed by atoms with Crippen LogP contribution in [0.5, 0.6) is 0 Å². The highest BCUT2D eigenvalue weighted by molar-refractivity contribution is 5.78. The molecule has 0 saturated carbocycles. The molecule has 0 N–H and O–H groups in total. The predicted molar refractivity (Wildman–Crippen MR) is 93.7 cm³/mol. The Kier molecular flexibility index (Phi) is 3.71. The highest BCUT2D eigenvalue weighted by Gasteiger charge is 2.20. The quantitative estimate of drug-likeness (QED) is 0.712. The van der Waals surface area contributed by atoms with Crippen LogP contribution in [0.3, 0.4) is 0 Å². The lowest BCUT2D eigenvalue weighted by Gasteiger charge is -2.32. The zero-order valence-corrected chi connectivity index (χ0v) is 14.0. The molecule has 0 radical (unpaired) electrons. The lowest BCUT2D eigenvalue weighted by molar-refractivity contribution is 0.435. The number of rotatable bonds is 2. The molecule has 0 unspecified atom stereocenters. The zero-order chi connectivity index (χ0) is 16.7. The van der Waals surface area contributed by atoms with E-state index in [9.17, 15) is 4.39 Å². The molecule has 1 saturated heterocycles. The number of aromatic nitrogens is 3. The van der Waals surface area contributed by atoms with E-state index in [0.29, 0.717) is 0 Å². The van der Waals surface area contributed by atoms with Crippen LogP contribution in [-0.4, -0.2) is 27.7 Å². The summed E-state index contributed by atoms with van der Waals surface area (Å²) in [5.74, 6) is 1.65. The standard InChI is InChI=1S/C19H21FN4/c1-13-7-9-23(10-8-13)18-11-14(2)22-19-17(12-21-24(18)19)15-3-5-16(20)6-4-15/h3-6,11-13H,7-10H2,1-2H3. The highest BCUT2D eigenvalue weighted by atomic mass is 19.1. The van der Waals surface area contributed by atoms with E-state index in [4.69, 9.17) is 0 Å². The summed E-state index contributed by atoms with van der Waals surface area (Å²) in [5.41, 5.74) is 3.67. The third-order valence-corrected chi connectivity index (χ3v) is 4.84. The third-order valence-electron chi connectivity index (χ3n) is 4.84. The summed E-state index contributed by atoms with van der Waals surface area (Å²) in [4.78, 5) is 7.08. The Morgan fingerprint density at radius 3 is 2.54 bits per heavy atom. The first-order valence-corrected chi connectivity index (χ1v) is 8.48. The summed E-state index contributed by atoms with van der Waals surface area (Å²) in [6, 6.07) is 8.60. The molecule has 1 aliphatic rings. The highest BCUT2D eigenvalue weighted by Crippen LogP contribution is 2.29. The van der Waals surface area contributed by atoms with Crippen molar-refractivity contribution in [1.29, 1.82) is 0 Å². The summed E-state index contributed by atoms with van der Waals surface area (Å²) >= 11 is 0. The van der Waals surface area contributed by atoms with Gasteiger partial charge in [-0.3, -0.25) is 0 Å². The van der Waals surface area contributed by atoms with Crippen molar-refractivity contribution in [2.75, 3.05) is 18.0 Å². The molecular weight excluding hydrogens is 303 g/mol. The molecule has 3 heterocycles. The molecule has 5 heteroatoms. The third kappa shape index (κ3) is 2.64. The molecule has 0 bridgehead atoms. The van der Waals surface area contributed by atoms with Gasteiger partial charge in [-0.1, -0.05) is 19.1 Å². The average molecular weight is 324 g/mol. The summed E-state index contributed by atoms with van der Waals surface area (Å²) in [5, 5.41) is 4.57.